The lowest BCUT2D eigenvalue weighted by Gasteiger charge is -2.27. The Morgan fingerprint density at radius 1 is 1.00 bits per heavy atom. The van der Waals surface area contributed by atoms with Crippen LogP contribution in [0.4, 0.5) is 5.69 Å². The molecule has 0 bridgehead atoms. The molecule has 0 fully saturated rings. The van der Waals surface area contributed by atoms with E-state index in [9.17, 15) is 9.59 Å². The summed E-state index contributed by atoms with van der Waals surface area (Å²) >= 11 is 0. The second-order valence-electron chi connectivity index (χ2n) is 10.1. The topological polar surface area (TPSA) is 62.6 Å². The van der Waals surface area contributed by atoms with E-state index in [1.54, 1.807) is 0 Å². The van der Waals surface area contributed by atoms with Crippen molar-refractivity contribution in [2.45, 2.75) is 53.0 Å². The van der Waals surface area contributed by atoms with Crippen LogP contribution in [0.15, 0.2) is 59.0 Å². The summed E-state index contributed by atoms with van der Waals surface area (Å²) in [6.45, 7) is 11.6. The Labute approximate surface area is 195 Å². The summed E-state index contributed by atoms with van der Waals surface area (Å²) in [4.78, 5) is 26.9. The average Bonchev–Trinajstić information content (AvgIpc) is 3.22. The van der Waals surface area contributed by atoms with Crippen LogP contribution in [0.25, 0.3) is 11.3 Å². The molecule has 0 aliphatic carbocycles. The maximum Gasteiger partial charge on any atom is 0.255 e. The molecule has 1 N–H and O–H groups in total. The van der Waals surface area contributed by atoms with Gasteiger partial charge in [-0.3, -0.25) is 9.59 Å². The van der Waals surface area contributed by atoms with E-state index in [0.717, 1.165) is 34.8 Å². The number of rotatable bonds is 4. The molecule has 2 aromatic carbocycles. The molecule has 0 radical (unpaired) electrons. The second-order valence-corrected chi connectivity index (χ2v) is 10.1. The van der Waals surface area contributed by atoms with Gasteiger partial charge in [-0.25, -0.2) is 0 Å². The van der Waals surface area contributed by atoms with E-state index in [4.69, 9.17) is 4.42 Å². The highest BCUT2D eigenvalue weighted by Crippen LogP contribution is 2.31. The van der Waals surface area contributed by atoms with E-state index >= 15 is 0 Å². The quantitative estimate of drug-likeness (QED) is 0.534. The highest BCUT2D eigenvalue weighted by Gasteiger charge is 2.25. The molecule has 172 valence electrons. The summed E-state index contributed by atoms with van der Waals surface area (Å²) in [5.41, 5.74) is 4.62. The van der Waals surface area contributed by atoms with E-state index in [1.807, 2.05) is 73.3 Å². The van der Waals surface area contributed by atoms with Gasteiger partial charge in [0, 0.05) is 47.8 Å². The monoisotopic (exact) mass is 444 g/mol. The lowest BCUT2D eigenvalue weighted by molar-refractivity contribution is -0.135. The minimum atomic E-state index is -0.133. The van der Waals surface area contributed by atoms with Crippen LogP contribution >= 0.6 is 0 Å². The van der Waals surface area contributed by atoms with Crippen molar-refractivity contribution in [3.05, 3.63) is 77.0 Å². The molecular weight excluding hydrogens is 412 g/mol. The average molecular weight is 445 g/mol. The first-order chi connectivity index (χ1) is 15.6. The smallest absolute Gasteiger partial charge is 0.255 e. The zero-order valence-corrected chi connectivity index (χ0v) is 20.1. The molecule has 0 saturated heterocycles. The SMILES string of the molecule is CC(C)C(=O)N1CCc2oc(-c3ccc(NC(=O)c4ccc(C(C)(C)C)cc4)cc3)cc2C1. The fourth-order valence-corrected chi connectivity index (χ4v) is 4.07. The number of anilines is 1. The molecule has 3 aromatic rings. The molecule has 5 heteroatoms. The van der Waals surface area contributed by atoms with Gasteiger partial charge >= 0.3 is 0 Å². The van der Waals surface area contributed by atoms with Crippen molar-refractivity contribution in [2.24, 2.45) is 5.92 Å². The highest BCUT2D eigenvalue weighted by atomic mass is 16.3. The molecule has 0 spiro atoms. The fourth-order valence-electron chi connectivity index (χ4n) is 4.07. The Balaban J connectivity index is 1.43. The highest BCUT2D eigenvalue weighted by molar-refractivity contribution is 6.04. The third kappa shape index (κ3) is 5.03. The van der Waals surface area contributed by atoms with Crippen LogP contribution in [0.5, 0.6) is 0 Å². The molecule has 0 atom stereocenters. The normalized spacial score (nSPS) is 13.7. The van der Waals surface area contributed by atoms with Crippen molar-refractivity contribution in [3.8, 4) is 11.3 Å². The van der Waals surface area contributed by atoms with Gasteiger partial charge in [0.2, 0.25) is 5.91 Å². The predicted molar refractivity (Wildman–Crippen MR) is 131 cm³/mol. The number of hydrogen-bond donors (Lipinski definition) is 1. The van der Waals surface area contributed by atoms with E-state index in [0.29, 0.717) is 18.7 Å². The van der Waals surface area contributed by atoms with E-state index in [-0.39, 0.29) is 23.1 Å². The molecule has 2 heterocycles. The minimum absolute atomic E-state index is 0.00268. The van der Waals surface area contributed by atoms with Crippen molar-refractivity contribution < 1.29 is 14.0 Å². The Bertz CT molecular complexity index is 1150. The number of benzene rings is 2. The molecule has 1 aliphatic heterocycles. The number of nitrogens with zero attached hydrogens (tertiary/aromatic N) is 1. The molecule has 1 aliphatic rings. The number of furan rings is 1. The standard InChI is InChI=1S/C28H32N2O3/c1-18(2)27(32)30-15-14-24-21(17-30)16-25(33-24)19-8-12-23(13-9-19)29-26(31)20-6-10-22(11-7-20)28(3,4)5/h6-13,16,18H,14-15,17H2,1-5H3,(H,29,31). The maximum atomic E-state index is 12.6. The Kier molecular flexibility index (Phi) is 6.15. The molecule has 33 heavy (non-hydrogen) atoms. The zero-order valence-electron chi connectivity index (χ0n) is 20.1. The minimum Gasteiger partial charge on any atom is -0.461 e. The van der Waals surface area contributed by atoms with E-state index in [2.05, 4.69) is 26.1 Å². The van der Waals surface area contributed by atoms with Crippen LogP contribution in [-0.4, -0.2) is 23.3 Å². The number of amides is 2. The van der Waals surface area contributed by atoms with Gasteiger partial charge in [-0.15, -0.1) is 0 Å². The van der Waals surface area contributed by atoms with Gasteiger partial charge in [-0.05, 0) is 53.4 Å². The molecule has 0 unspecified atom stereocenters. The zero-order chi connectivity index (χ0) is 23.8. The molecular formula is C28H32N2O3. The largest absolute Gasteiger partial charge is 0.461 e. The fraction of sp³-hybridized carbons (Fsp3) is 0.357. The van der Waals surface area contributed by atoms with Gasteiger partial charge in [0.05, 0.1) is 0 Å². The maximum absolute atomic E-state index is 12.6. The van der Waals surface area contributed by atoms with Gasteiger partial charge in [0.1, 0.15) is 11.5 Å². The van der Waals surface area contributed by atoms with Crippen LogP contribution in [0.1, 0.15) is 61.9 Å². The van der Waals surface area contributed by atoms with Gasteiger partial charge in [-0.2, -0.15) is 0 Å². The summed E-state index contributed by atoms with van der Waals surface area (Å²) in [7, 11) is 0. The Hall–Kier alpha value is -3.34. The first-order valence-corrected chi connectivity index (χ1v) is 11.5. The number of hydrogen-bond acceptors (Lipinski definition) is 3. The molecule has 0 saturated carbocycles. The molecule has 5 nitrogen and oxygen atoms in total. The van der Waals surface area contributed by atoms with E-state index < -0.39 is 0 Å². The first kappa shape index (κ1) is 22.8. The molecule has 1 aromatic heterocycles. The van der Waals surface area contributed by atoms with Gasteiger partial charge < -0.3 is 14.6 Å². The number of carbonyl (C=O) groups is 2. The first-order valence-electron chi connectivity index (χ1n) is 11.5. The second kappa shape index (κ2) is 8.89. The van der Waals surface area contributed by atoms with Crippen molar-refractivity contribution in [2.75, 3.05) is 11.9 Å². The van der Waals surface area contributed by atoms with Crippen LogP contribution in [0.2, 0.25) is 0 Å². The third-order valence-electron chi connectivity index (χ3n) is 6.11. The van der Waals surface area contributed by atoms with Crippen LogP contribution in [0, 0.1) is 5.92 Å². The summed E-state index contributed by atoms with van der Waals surface area (Å²) in [6, 6.07) is 17.4. The molecule has 2 amide bonds. The lowest BCUT2D eigenvalue weighted by atomic mass is 9.87. The van der Waals surface area contributed by atoms with Crippen molar-refractivity contribution in [3.63, 3.8) is 0 Å². The lowest BCUT2D eigenvalue weighted by Crippen LogP contribution is -2.37. The molecule has 4 rings (SSSR count). The Morgan fingerprint density at radius 3 is 2.27 bits per heavy atom. The summed E-state index contributed by atoms with van der Waals surface area (Å²) < 4.78 is 6.08. The predicted octanol–water partition coefficient (Wildman–Crippen LogP) is 6.04. The van der Waals surface area contributed by atoms with Crippen LogP contribution in [-0.2, 0) is 23.2 Å². The number of fused-ring (bicyclic) bond motifs is 1. The summed E-state index contributed by atoms with van der Waals surface area (Å²) in [5.74, 6) is 1.78. The van der Waals surface area contributed by atoms with Crippen molar-refractivity contribution >= 4 is 17.5 Å². The Morgan fingerprint density at radius 2 is 1.67 bits per heavy atom. The summed E-state index contributed by atoms with van der Waals surface area (Å²) in [5, 5.41) is 2.96. The van der Waals surface area contributed by atoms with Crippen molar-refractivity contribution in [1.29, 1.82) is 0 Å². The van der Waals surface area contributed by atoms with Gasteiger partial charge in [0.25, 0.3) is 5.91 Å². The number of nitrogens with one attached hydrogen (secondary N) is 1. The van der Waals surface area contributed by atoms with Crippen LogP contribution < -0.4 is 5.32 Å². The van der Waals surface area contributed by atoms with Gasteiger partial charge in [0.15, 0.2) is 0 Å². The summed E-state index contributed by atoms with van der Waals surface area (Å²) in [6.07, 6.45) is 0.732. The van der Waals surface area contributed by atoms with Crippen LogP contribution in [0.3, 0.4) is 0 Å². The van der Waals surface area contributed by atoms with Gasteiger partial charge in [-0.1, -0.05) is 46.8 Å². The van der Waals surface area contributed by atoms with E-state index in [1.165, 1.54) is 5.56 Å². The third-order valence-corrected chi connectivity index (χ3v) is 6.11. The number of carbonyl (C=O) groups excluding carboxylic acids is 2. The van der Waals surface area contributed by atoms with Crippen molar-refractivity contribution in [1.82, 2.24) is 4.90 Å².